The summed E-state index contributed by atoms with van der Waals surface area (Å²) >= 11 is 0. The van der Waals surface area contributed by atoms with E-state index in [1.807, 2.05) is 0 Å². The molecule has 0 bridgehead atoms. The Kier molecular flexibility index (Phi) is 5.93. The Morgan fingerprint density at radius 1 is 1.13 bits per heavy atom. The van der Waals surface area contributed by atoms with Gasteiger partial charge in [-0.15, -0.1) is 0 Å². The summed E-state index contributed by atoms with van der Waals surface area (Å²) in [6, 6.07) is 8.35. The van der Waals surface area contributed by atoms with Crippen LogP contribution in [-0.2, 0) is 32.0 Å². The van der Waals surface area contributed by atoms with Crippen LogP contribution < -0.4 is 0 Å². The number of carboxylic acids is 2. The van der Waals surface area contributed by atoms with Gasteiger partial charge in [0.25, 0.3) is 0 Å². The van der Waals surface area contributed by atoms with Crippen LogP contribution in [0.5, 0.6) is 0 Å². The van der Waals surface area contributed by atoms with E-state index in [2.05, 4.69) is 0 Å². The van der Waals surface area contributed by atoms with Crippen LogP contribution in [0.3, 0.4) is 0 Å². The van der Waals surface area contributed by atoms with Crippen LogP contribution in [-0.4, -0.2) is 22.2 Å². The molecule has 1 aromatic carbocycles. The van der Waals surface area contributed by atoms with Crippen molar-refractivity contribution in [2.24, 2.45) is 0 Å². The van der Waals surface area contributed by atoms with Crippen molar-refractivity contribution in [3.8, 4) is 0 Å². The van der Waals surface area contributed by atoms with Crippen LogP contribution in [0.2, 0.25) is 0 Å². The molecule has 5 heteroatoms. The van der Waals surface area contributed by atoms with Crippen LogP contribution in [0.1, 0.15) is 17.9 Å². The zero-order valence-electron chi connectivity index (χ0n) is 7.68. The van der Waals surface area contributed by atoms with Crippen molar-refractivity contribution in [2.45, 2.75) is 12.3 Å². The maximum absolute atomic E-state index is 10.8. The Morgan fingerprint density at radius 3 is 2.07 bits per heavy atom. The van der Waals surface area contributed by atoms with Crippen molar-refractivity contribution in [2.75, 3.05) is 0 Å². The fourth-order valence-electron chi connectivity index (χ4n) is 1.21. The molecule has 0 aliphatic rings. The van der Waals surface area contributed by atoms with Crippen LogP contribution in [0.4, 0.5) is 0 Å². The van der Waals surface area contributed by atoms with E-state index in [4.69, 9.17) is 10.2 Å². The molecule has 1 atom stereocenters. The molecule has 15 heavy (non-hydrogen) atoms. The van der Waals surface area contributed by atoms with Crippen molar-refractivity contribution in [1.29, 1.82) is 0 Å². The second-order valence-corrected chi connectivity index (χ2v) is 2.90. The summed E-state index contributed by atoms with van der Waals surface area (Å²) < 4.78 is 0. The Balaban J connectivity index is 0.00000196. The Labute approximate surface area is 102 Å². The average molecular weight is 302 g/mol. The molecule has 0 aliphatic heterocycles. The minimum absolute atomic E-state index is 0. The van der Waals surface area contributed by atoms with Gasteiger partial charge in [-0.2, -0.15) is 0 Å². The summed E-state index contributed by atoms with van der Waals surface area (Å²) in [5.74, 6) is -3.19. The molecule has 0 aromatic heterocycles. The molecule has 0 saturated carbocycles. The van der Waals surface area contributed by atoms with Gasteiger partial charge in [0.2, 0.25) is 0 Å². The minimum Gasteiger partial charge on any atom is -0.481 e. The van der Waals surface area contributed by atoms with Gasteiger partial charge in [0.05, 0.1) is 12.3 Å². The molecule has 0 heterocycles. The van der Waals surface area contributed by atoms with Crippen molar-refractivity contribution < 1.29 is 42.2 Å². The van der Waals surface area contributed by atoms with Crippen molar-refractivity contribution in [1.82, 2.24) is 0 Å². The number of hydrogen-bond acceptors (Lipinski definition) is 2. The molecule has 0 spiro atoms. The fourth-order valence-corrected chi connectivity index (χ4v) is 1.21. The normalized spacial score (nSPS) is 11.2. The monoisotopic (exact) mass is 301 g/mol. The predicted molar refractivity (Wildman–Crippen MR) is 49.1 cm³/mol. The number of benzene rings is 1. The van der Waals surface area contributed by atoms with Gasteiger partial charge in [-0.25, -0.2) is 0 Å². The number of rotatable bonds is 4. The SMILES string of the molecule is O=C(O)CC(C(=O)O)c1ccccc1.[Ag]. The van der Waals surface area contributed by atoms with Gasteiger partial charge in [0.15, 0.2) is 0 Å². The molecule has 4 nitrogen and oxygen atoms in total. The third kappa shape index (κ3) is 4.29. The first-order valence-corrected chi connectivity index (χ1v) is 4.11. The van der Waals surface area contributed by atoms with Crippen molar-refractivity contribution >= 4 is 11.9 Å². The van der Waals surface area contributed by atoms with E-state index in [9.17, 15) is 9.59 Å². The smallest absolute Gasteiger partial charge is 0.311 e. The van der Waals surface area contributed by atoms with Gasteiger partial charge in [-0.3, -0.25) is 9.59 Å². The molecule has 1 aromatic rings. The second kappa shape index (κ2) is 6.40. The summed E-state index contributed by atoms with van der Waals surface area (Å²) in [4.78, 5) is 21.2. The molecule has 0 fully saturated rings. The molecular formula is C10H10AgO4. The van der Waals surface area contributed by atoms with Gasteiger partial charge in [0.1, 0.15) is 0 Å². The molecule has 85 valence electrons. The number of hydrogen-bond donors (Lipinski definition) is 2. The molecule has 1 rings (SSSR count). The van der Waals surface area contributed by atoms with Crippen LogP contribution in [0, 0.1) is 0 Å². The Morgan fingerprint density at radius 2 is 1.67 bits per heavy atom. The quantitative estimate of drug-likeness (QED) is 0.823. The van der Waals surface area contributed by atoms with Gasteiger partial charge < -0.3 is 10.2 Å². The van der Waals surface area contributed by atoms with E-state index in [0.717, 1.165) is 0 Å². The third-order valence-electron chi connectivity index (χ3n) is 1.88. The van der Waals surface area contributed by atoms with Gasteiger partial charge in [-0.1, -0.05) is 30.3 Å². The minimum atomic E-state index is -1.11. The van der Waals surface area contributed by atoms with E-state index >= 15 is 0 Å². The molecule has 0 amide bonds. The van der Waals surface area contributed by atoms with E-state index in [-0.39, 0.29) is 28.8 Å². The Hall–Kier alpha value is -1.10. The third-order valence-corrected chi connectivity index (χ3v) is 1.88. The molecule has 1 unspecified atom stereocenters. The first kappa shape index (κ1) is 13.9. The summed E-state index contributed by atoms with van der Waals surface area (Å²) in [5, 5.41) is 17.3. The van der Waals surface area contributed by atoms with E-state index in [1.165, 1.54) is 0 Å². The summed E-state index contributed by atoms with van der Waals surface area (Å²) in [5.41, 5.74) is 0.516. The second-order valence-electron chi connectivity index (χ2n) is 2.90. The molecule has 2 N–H and O–H groups in total. The van der Waals surface area contributed by atoms with Gasteiger partial charge in [-0.05, 0) is 5.56 Å². The van der Waals surface area contributed by atoms with Crippen LogP contribution >= 0.6 is 0 Å². The maximum Gasteiger partial charge on any atom is 0.311 e. The zero-order valence-corrected chi connectivity index (χ0v) is 9.17. The molecule has 0 saturated heterocycles. The maximum atomic E-state index is 10.8. The van der Waals surface area contributed by atoms with Crippen molar-refractivity contribution in [3.05, 3.63) is 35.9 Å². The molecule has 0 aliphatic carbocycles. The first-order valence-electron chi connectivity index (χ1n) is 4.11. The van der Waals surface area contributed by atoms with Crippen LogP contribution in [0.15, 0.2) is 30.3 Å². The fraction of sp³-hybridized carbons (Fsp3) is 0.200. The van der Waals surface area contributed by atoms with E-state index in [1.54, 1.807) is 30.3 Å². The summed E-state index contributed by atoms with van der Waals surface area (Å²) in [6.07, 6.45) is -0.390. The Bertz CT molecular complexity index is 337. The number of aliphatic carboxylic acids is 2. The topological polar surface area (TPSA) is 74.6 Å². The largest absolute Gasteiger partial charge is 0.481 e. The van der Waals surface area contributed by atoms with Crippen molar-refractivity contribution in [3.63, 3.8) is 0 Å². The summed E-state index contributed by atoms with van der Waals surface area (Å²) in [7, 11) is 0. The molecular weight excluding hydrogens is 292 g/mol. The molecule has 1 radical (unpaired) electrons. The van der Waals surface area contributed by atoms with E-state index < -0.39 is 17.9 Å². The first-order chi connectivity index (χ1) is 6.61. The number of carboxylic acid groups (broad SMARTS) is 2. The number of carbonyl (C=O) groups is 2. The predicted octanol–water partition coefficient (Wildman–Crippen LogP) is 1.33. The van der Waals surface area contributed by atoms with Gasteiger partial charge in [0, 0.05) is 22.4 Å². The van der Waals surface area contributed by atoms with Gasteiger partial charge >= 0.3 is 11.9 Å². The summed E-state index contributed by atoms with van der Waals surface area (Å²) in [6.45, 7) is 0. The average Bonchev–Trinajstić information content (AvgIpc) is 2.15. The standard InChI is InChI=1S/C10H10O4.Ag/c11-9(12)6-8(10(13)14)7-4-2-1-3-5-7;/h1-5,8H,6H2,(H,11,12)(H,13,14);. The van der Waals surface area contributed by atoms with Crippen LogP contribution in [0.25, 0.3) is 0 Å². The van der Waals surface area contributed by atoms with E-state index in [0.29, 0.717) is 5.56 Å². The zero-order chi connectivity index (χ0) is 10.6.